The van der Waals surface area contributed by atoms with Crippen LogP contribution in [0.25, 0.3) is 32.6 Å². The number of pyridine rings is 1. The van der Waals surface area contributed by atoms with E-state index < -0.39 is 11.6 Å². The topological polar surface area (TPSA) is 28.7 Å². The number of thiophene rings is 1. The predicted octanol–water partition coefficient (Wildman–Crippen LogP) is 5.55. The van der Waals surface area contributed by atoms with E-state index in [1.54, 1.807) is 23.7 Å². The quantitative estimate of drug-likeness (QED) is 0.514. The molecule has 0 spiro atoms. The van der Waals surface area contributed by atoms with Crippen LogP contribution in [0.15, 0.2) is 48.8 Å². The number of nitrogens with one attached hydrogen (secondary N) is 1. The van der Waals surface area contributed by atoms with Gasteiger partial charge in [0, 0.05) is 50.3 Å². The van der Waals surface area contributed by atoms with E-state index in [2.05, 4.69) is 16.0 Å². The predicted molar refractivity (Wildman–Crippen MR) is 89.5 cm³/mol. The van der Waals surface area contributed by atoms with Gasteiger partial charge in [-0.2, -0.15) is 0 Å². The molecule has 5 heteroatoms. The minimum absolute atomic E-state index is 0.361. The molecule has 0 unspecified atom stereocenters. The summed E-state index contributed by atoms with van der Waals surface area (Å²) in [6.45, 7) is 2.05. The van der Waals surface area contributed by atoms with E-state index in [1.807, 2.05) is 19.1 Å². The first-order chi connectivity index (χ1) is 11.1. The van der Waals surface area contributed by atoms with Crippen LogP contribution < -0.4 is 0 Å². The molecule has 0 amide bonds. The third kappa shape index (κ3) is 2.33. The van der Waals surface area contributed by atoms with Crippen molar-refractivity contribution in [1.29, 1.82) is 0 Å². The Hall–Kier alpha value is -2.53. The number of fused-ring (bicyclic) bond motifs is 1. The molecular formula is C18H12F2N2S. The Kier molecular flexibility index (Phi) is 3.23. The van der Waals surface area contributed by atoms with Gasteiger partial charge in [0.05, 0.1) is 0 Å². The van der Waals surface area contributed by atoms with Crippen molar-refractivity contribution in [3.05, 3.63) is 65.3 Å². The van der Waals surface area contributed by atoms with E-state index in [4.69, 9.17) is 0 Å². The Morgan fingerprint density at radius 2 is 1.87 bits per heavy atom. The lowest BCUT2D eigenvalue weighted by Crippen LogP contribution is -1.87. The van der Waals surface area contributed by atoms with Gasteiger partial charge >= 0.3 is 0 Å². The number of rotatable bonds is 2. The molecule has 3 aromatic heterocycles. The number of aromatic nitrogens is 2. The molecule has 0 aliphatic heterocycles. The van der Waals surface area contributed by atoms with Crippen LogP contribution in [0.3, 0.4) is 0 Å². The maximum Gasteiger partial charge on any atom is 0.138 e. The van der Waals surface area contributed by atoms with Crippen molar-refractivity contribution in [1.82, 2.24) is 9.97 Å². The number of halogens is 2. The van der Waals surface area contributed by atoms with Gasteiger partial charge in [-0.05, 0) is 37.3 Å². The summed E-state index contributed by atoms with van der Waals surface area (Å²) >= 11 is 1.67. The van der Waals surface area contributed by atoms with E-state index in [-0.39, 0.29) is 0 Å². The molecule has 4 aromatic rings. The van der Waals surface area contributed by atoms with Gasteiger partial charge in [0.15, 0.2) is 0 Å². The zero-order chi connectivity index (χ0) is 16.0. The maximum atomic E-state index is 14.2. The molecule has 0 bridgehead atoms. The van der Waals surface area contributed by atoms with Gasteiger partial charge in [-0.15, -0.1) is 11.3 Å². The zero-order valence-electron chi connectivity index (χ0n) is 12.2. The molecule has 1 N–H and O–H groups in total. The van der Waals surface area contributed by atoms with Gasteiger partial charge in [-0.25, -0.2) is 13.8 Å². The largest absolute Gasteiger partial charge is 0.345 e. The van der Waals surface area contributed by atoms with E-state index in [1.165, 1.54) is 17.0 Å². The molecule has 23 heavy (non-hydrogen) atoms. The van der Waals surface area contributed by atoms with Crippen LogP contribution in [0, 0.1) is 18.6 Å². The molecule has 4 rings (SSSR count). The first kappa shape index (κ1) is 14.1. The first-order valence-electron chi connectivity index (χ1n) is 7.12. The van der Waals surface area contributed by atoms with Gasteiger partial charge in [-0.1, -0.05) is 0 Å². The lowest BCUT2D eigenvalue weighted by atomic mass is 10.0. The molecule has 0 aliphatic rings. The van der Waals surface area contributed by atoms with Crippen molar-refractivity contribution < 1.29 is 8.78 Å². The molecule has 0 saturated heterocycles. The molecule has 0 aliphatic carbocycles. The van der Waals surface area contributed by atoms with E-state index in [0.717, 1.165) is 21.9 Å². The van der Waals surface area contributed by atoms with Crippen molar-refractivity contribution in [3.8, 4) is 21.6 Å². The normalized spacial score (nSPS) is 11.3. The van der Waals surface area contributed by atoms with E-state index >= 15 is 0 Å². The van der Waals surface area contributed by atoms with Crippen LogP contribution in [0.1, 0.15) is 4.88 Å². The Bertz CT molecular complexity index is 1020. The van der Waals surface area contributed by atoms with Crippen molar-refractivity contribution in [2.45, 2.75) is 6.92 Å². The Morgan fingerprint density at radius 1 is 1.00 bits per heavy atom. The van der Waals surface area contributed by atoms with Gasteiger partial charge in [0.1, 0.15) is 17.3 Å². The number of hydrogen-bond donors (Lipinski definition) is 1. The molecule has 0 atom stereocenters. The third-order valence-electron chi connectivity index (χ3n) is 3.80. The minimum Gasteiger partial charge on any atom is -0.345 e. The fourth-order valence-corrected chi connectivity index (χ4v) is 3.66. The summed E-state index contributed by atoms with van der Waals surface area (Å²) in [6, 6.07) is 9.65. The number of aryl methyl sites for hydroxylation is 1. The van der Waals surface area contributed by atoms with Crippen LogP contribution in [0.4, 0.5) is 8.78 Å². The van der Waals surface area contributed by atoms with E-state index in [0.29, 0.717) is 16.8 Å². The molecule has 2 nitrogen and oxygen atoms in total. The van der Waals surface area contributed by atoms with Crippen LogP contribution in [0.2, 0.25) is 0 Å². The van der Waals surface area contributed by atoms with Crippen LogP contribution in [-0.4, -0.2) is 9.97 Å². The van der Waals surface area contributed by atoms with Gasteiger partial charge < -0.3 is 4.98 Å². The van der Waals surface area contributed by atoms with Crippen LogP contribution >= 0.6 is 11.3 Å². The van der Waals surface area contributed by atoms with E-state index in [9.17, 15) is 8.78 Å². The van der Waals surface area contributed by atoms with Crippen molar-refractivity contribution in [2.24, 2.45) is 0 Å². The minimum atomic E-state index is -0.585. The van der Waals surface area contributed by atoms with Crippen LogP contribution in [-0.2, 0) is 0 Å². The fourth-order valence-electron chi connectivity index (χ4n) is 2.76. The third-order valence-corrected chi connectivity index (χ3v) is 4.83. The SMILES string of the molecule is Cc1ccc(-c2ccnc3[nH]cc(-c4ccc(F)cc4F)c23)s1. The number of nitrogens with zero attached hydrogens (tertiary/aromatic N) is 1. The molecule has 0 fully saturated rings. The zero-order valence-corrected chi connectivity index (χ0v) is 13.0. The summed E-state index contributed by atoms with van der Waals surface area (Å²) in [5.41, 5.74) is 2.73. The molecular weight excluding hydrogens is 314 g/mol. The number of hydrogen-bond acceptors (Lipinski definition) is 2. The maximum absolute atomic E-state index is 14.2. The average Bonchev–Trinajstić information content (AvgIpc) is 3.13. The van der Waals surface area contributed by atoms with Crippen LogP contribution in [0.5, 0.6) is 0 Å². The smallest absolute Gasteiger partial charge is 0.138 e. The highest BCUT2D eigenvalue weighted by atomic mass is 32.1. The summed E-state index contributed by atoms with van der Waals surface area (Å²) in [7, 11) is 0. The summed E-state index contributed by atoms with van der Waals surface area (Å²) in [6.07, 6.45) is 3.45. The standard InChI is InChI=1S/C18H12F2N2S/c1-10-2-5-16(23-10)13-6-7-21-18-17(13)14(9-22-18)12-4-3-11(19)8-15(12)20/h2-9H,1H3,(H,21,22). The highest BCUT2D eigenvalue weighted by Crippen LogP contribution is 2.38. The number of H-pyrrole nitrogens is 1. The summed E-state index contributed by atoms with van der Waals surface area (Å²) in [5.74, 6) is -1.17. The molecule has 1 aromatic carbocycles. The average molecular weight is 326 g/mol. The second kappa shape index (κ2) is 5.28. The molecule has 0 saturated carbocycles. The highest BCUT2D eigenvalue weighted by molar-refractivity contribution is 7.15. The Labute approximate surface area is 135 Å². The second-order valence-electron chi connectivity index (χ2n) is 5.32. The van der Waals surface area contributed by atoms with Crippen molar-refractivity contribution in [3.63, 3.8) is 0 Å². The van der Waals surface area contributed by atoms with Gasteiger partial charge in [0.25, 0.3) is 0 Å². The molecule has 0 radical (unpaired) electrons. The lowest BCUT2D eigenvalue weighted by molar-refractivity contribution is 0.585. The molecule has 3 heterocycles. The highest BCUT2D eigenvalue weighted by Gasteiger charge is 2.16. The number of aromatic amines is 1. The second-order valence-corrected chi connectivity index (χ2v) is 6.61. The van der Waals surface area contributed by atoms with Crippen molar-refractivity contribution >= 4 is 22.4 Å². The Morgan fingerprint density at radius 3 is 2.61 bits per heavy atom. The molecule has 114 valence electrons. The van der Waals surface area contributed by atoms with Gasteiger partial charge in [-0.3, -0.25) is 0 Å². The monoisotopic (exact) mass is 326 g/mol. The Balaban J connectivity index is 2.02. The first-order valence-corrected chi connectivity index (χ1v) is 7.93. The fraction of sp³-hybridized carbons (Fsp3) is 0.0556. The summed E-state index contributed by atoms with van der Waals surface area (Å²) in [5, 5.41) is 0.847. The lowest BCUT2D eigenvalue weighted by Gasteiger charge is -2.05. The van der Waals surface area contributed by atoms with Crippen molar-refractivity contribution in [2.75, 3.05) is 0 Å². The number of benzene rings is 1. The van der Waals surface area contributed by atoms with Gasteiger partial charge in [0.2, 0.25) is 0 Å². The summed E-state index contributed by atoms with van der Waals surface area (Å²) in [4.78, 5) is 9.70. The summed E-state index contributed by atoms with van der Waals surface area (Å²) < 4.78 is 27.4.